The van der Waals surface area contributed by atoms with Crippen molar-refractivity contribution in [3.63, 3.8) is 0 Å². The van der Waals surface area contributed by atoms with E-state index >= 15 is 0 Å². The van der Waals surface area contributed by atoms with Crippen LogP contribution in [0.2, 0.25) is 0 Å². The highest BCUT2D eigenvalue weighted by atomic mass is 16.5. The number of nitrogens with zero attached hydrogens (tertiary/aromatic N) is 2. The predicted molar refractivity (Wildman–Crippen MR) is 90.5 cm³/mol. The fourth-order valence-corrected chi connectivity index (χ4v) is 2.73. The van der Waals surface area contributed by atoms with Crippen LogP contribution in [-0.2, 0) is 19.1 Å². The van der Waals surface area contributed by atoms with Crippen molar-refractivity contribution in [3.05, 3.63) is 29.8 Å². The highest BCUT2D eigenvalue weighted by Crippen LogP contribution is 2.27. The number of anilines is 1. The van der Waals surface area contributed by atoms with Crippen molar-refractivity contribution in [1.82, 2.24) is 5.32 Å². The molecule has 1 atom stereocenters. The van der Waals surface area contributed by atoms with Gasteiger partial charge in [0.25, 0.3) is 0 Å². The van der Waals surface area contributed by atoms with E-state index in [0.29, 0.717) is 25.1 Å². The molecule has 1 unspecified atom stereocenters. The van der Waals surface area contributed by atoms with Gasteiger partial charge < -0.3 is 15.0 Å². The Labute approximate surface area is 146 Å². The zero-order valence-corrected chi connectivity index (χ0v) is 14.2. The smallest absolute Gasteiger partial charge is 0.307 e. The molecule has 1 aliphatic heterocycles. The van der Waals surface area contributed by atoms with Crippen molar-refractivity contribution in [2.75, 3.05) is 24.6 Å². The van der Waals surface area contributed by atoms with Crippen molar-refractivity contribution < 1.29 is 19.1 Å². The van der Waals surface area contributed by atoms with Gasteiger partial charge in [0, 0.05) is 31.1 Å². The lowest BCUT2D eigenvalue weighted by atomic mass is 10.0. The average Bonchev–Trinajstić information content (AvgIpc) is 2.96. The van der Waals surface area contributed by atoms with Crippen LogP contribution in [0.5, 0.6) is 0 Å². The van der Waals surface area contributed by atoms with Crippen molar-refractivity contribution in [3.8, 4) is 6.07 Å². The van der Waals surface area contributed by atoms with Gasteiger partial charge in [0.1, 0.15) is 0 Å². The van der Waals surface area contributed by atoms with Crippen LogP contribution in [0.1, 0.15) is 31.7 Å². The molecule has 132 valence electrons. The molecule has 7 nitrogen and oxygen atoms in total. The molecule has 2 rings (SSSR count). The molecule has 25 heavy (non-hydrogen) atoms. The largest absolute Gasteiger partial charge is 0.466 e. The first-order valence-electron chi connectivity index (χ1n) is 8.29. The van der Waals surface area contributed by atoms with Gasteiger partial charge in [0.15, 0.2) is 0 Å². The molecule has 1 aliphatic rings. The Morgan fingerprint density at radius 1 is 1.36 bits per heavy atom. The topological polar surface area (TPSA) is 99.5 Å². The minimum Gasteiger partial charge on any atom is -0.466 e. The number of amides is 2. The standard InChI is InChI=1S/C18H21N3O4/c1-2-25-17(23)7-9-20-16(22)11-14-8-10-21(18(14)24)15-5-3-13(12-19)4-6-15/h3-6,14H,2,7-11H2,1H3,(H,20,22). The second kappa shape index (κ2) is 8.83. The summed E-state index contributed by atoms with van der Waals surface area (Å²) in [4.78, 5) is 37.3. The zero-order valence-electron chi connectivity index (χ0n) is 14.2. The van der Waals surface area contributed by atoms with Gasteiger partial charge in [-0.3, -0.25) is 14.4 Å². The van der Waals surface area contributed by atoms with Crippen LogP contribution in [0.4, 0.5) is 5.69 Å². The first kappa shape index (κ1) is 18.5. The lowest BCUT2D eigenvalue weighted by molar-refractivity contribution is -0.143. The van der Waals surface area contributed by atoms with E-state index in [1.807, 2.05) is 6.07 Å². The molecule has 1 heterocycles. The normalized spacial score (nSPS) is 16.4. The van der Waals surface area contributed by atoms with Gasteiger partial charge in [-0.25, -0.2) is 0 Å². The lowest BCUT2D eigenvalue weighted by Gasteiger charge is -2.16. The fourth-order valence-electron chi connectivity index (χ4n) is 2.73. The van der Waals surface area contributed by atoms with E-state index in [1.54, 1.807) is 36.1 Å². The zero-order chi connectivity index (χ0) is 18.2. The minimum atomic E-state index is -0.363. The van der Waals surface area contributed by atoms with Crippen LogP contribution >= 0.6 is 0 Å². The summed E-state index contributed by atoms with van der Waals surface area (Å²) in [7, 11) is 0. The van der Waals surface area contributed by atoms with Gasteiger partial charge in [0.2, 0.25) is 11.8 Å². The van der Waals surface area contributed by atoms with E-state index in [0.717, 1.165) is 5.69 Å². The third-order valence-corrected chi connectivity index (χ3v) is 4.01. The molecule has 7 heteroatoms. The average molecular weight is 343 g/mol. The fraction of sp³-hybridized carbons (Fsp3) is 0.444. The molecule has 0 radical (unpaired) electrons. The quantitative estimate of drug-likeness (QED) is 0.754. The summed E-state index contributed by atoms with van der Waals surface area (Å²) >= 11 is 0. The Morgan fingerprint density at radius 2 is 2.08 bits per heavy atom. The van der Waals surface area contributed by atoms with Gasteiger partial charge >= 0.3 is 5.97 Å². The van der Waals surface area contributed by atoms with E-state index in [9.17, 15) is 14.4 Å². The Balaban J connectivity index is 1.82. The summed E-state index contributed by atoms with van der Waals surface area (Å²) in [5.41, 5.74) is 1.27. The third-order valence-electron chi connectivity index (χ3n) is 4.01. The van der Waals surface area contributed by atoms with E-state index in [1.165, 1.54) is 0 Å². The molecular formula is C18H21N3O4. The molecule has 1 fully saturated rings. The number of ether oxygens (including phenoxy) is 1. The Hall–Kier alpha value is -2.88. The Bertz CT molecular complexity index is 679. The number of nitrogens with one attached hydrogen (secondary N) is 1. The van der Waals surface area contributed by atoms with Crippen molar-refractivity contribution >= 4 is 23.5 Å². The summed E-state index contributed by atoms with van der Waals surface area (Å²) in [5, 5.41) is 11.5. The number of benzene rings is 1. The number of rotatable bonds is 7. The number of carbonyl (C=O) groups is 3. The lowest BCUT2D eigenvalue weighted by Crippen LogP contribution is -2.32. The number of hydrogen-bond donors (Lipinski definition) is 1. The van der Waals surface area contributed by atoms with Gasteiger partial charge in [0.05, 0.1) is 24.7 Å². The molecule has 0 aliphatic carbocycles. The van der Waals surface area contributed by atoms with Gasteiger partial charge in [-0.05, 0) is 37.6 Å². The number of carbonyl (C=O) groups excluding carboxylic acids is 3. The Morgan fingerprint density at radius 3 is 2.72 bits per heavy atom. The summed E-state index contributed by atoms with van der Waals surface area (Å²) < 4.78 is 4.78. The SMILES string of the molecule is CCOC(=O)CCNC(=O)CC1CCN(c2ccc(C#N)cc2)C1=O. The third kappa shape index (κ3) is 5.05. The second-order valence-corrected chi connectivity index (χ2v) is 5.74. The van der Waals surface area contributed by atoms with Crippen molar-refractivity contribution in [1.29, 1.82) is 5.26 Å². The molecule has 0 bridgehead atoms. The molecule has 1 aromatic rings. The van der Waals surface area contributed by atoms with Crippen LogP contribution < -0.4 is 10.2 Å². The van der Waals surface area contributed by atoms with Gasteiger partial charge in [-0.2, -0.15) is 5.26 Å². The molecule has 0 saturated carbocycles. The maximum absolute atomic E-state index is 12.5. The summed E-state index contributed by atoms with van der Waals surface area (Å²) in [5.74, 6) is -1.06. The molecule has 0 aromatic heterocycles. The number of esters is 1. The van der Waals surface area contributed by atoms with Crippen LogP contribution in [0.15, 0.2) is 24.3 Å². The first-order chi connectivity index (χ1) is 12.0. The van der Waals surface area contributed by atoms with Crippen molar-refractivity contribution in [2.24, 2.45) is 5.92 Å². The van der Waals surface area contributed by atoms with Crippen LogP contribution in [-0.4, -0.2) is 37.5 Å². The summed E-state index contributed by atoms with van der Waals surface area (Å²) in [6, 6.07) is 8.84. The van der Waals surface area contributed by atoms with Crippen LogP contribution in [0, 0.1) is 17.2 Å². The number of hydrogen-bond acceptors (Lipinski definition) is 5. The molecule has 1 N–H and O–H groups in total. The van der Waals surface area contributed by atoms with Crippen molar-refractivity contribution in [2.45, 2.75) is 26.2 Å². The van der Waals surface area contributed by atoms with E-state index in [-0.39, 0.29) is 43.1 Å². The maximum atomic E-state index is 12.5. The van der Waals surface area contributed by atoms with Gasteiger partial charge in [-0.1, -0.05) is 0 Å². The minimum absolute atomic E-state index is 0.0924. The van der Waals surface area contributed by atoms with E-state index < -0.39 is 0 Å². The molecule has 2 amide bonds. The van der Waals surface area contributed by atoms with E-state index in [4.69, 9.17) is 10.00 Å². The number of nitriles is 1. The summed E-state index contributed by atoms with van der Waals surface area (Å²) in [6.07, 6.45) is 0.828. The monoisotopic (exact) mass is 343 g/mol. The van der Waals surface area contributed by atoms with Gasteiger partial charge in [-0.15, -0.1) is 0 Å². The Kier molecular flexibility index (Phi) is 6.52. The van der Waals surface area contributed by atoms with Crippen LogP contribution in [0.3, 0.4) is 0 Å². The molecule has 1 saturated heterocycles. The van der Waals surface area contributed by atoms with E-state index in [2.05, 4.69) is 5.32 Å². The molecule has 1 aromatic carbocycles. The first-order valence-corrected chi connectivity index (χ1v) is 8.29. The highest BCUT2D eigenvalue weighted by molar-refractivity contribution is 5.99. The predicted octanol–water partition coefficient (Wildman–Crippen LogP) is 1.37. The van der Waals surface area contributed by atoms with Crippen LogP contribution in [0.25, 0.3) is 0 Å². The molecule has 0 spiro atoms. The summed E-state index contributed by atoms with van der Waals surface area (Å²) in [6.45, 7) is 2.79. The highest BCUT2D eigenvalue weighted by Gasteiger charge is 2.33. The molecular weight excluding hydrogens is 322 g/mol. The second-order valence-electron chi connectivity index (χ2n) is 5.74. The maximum Gasteiger partial charge on any atom is 0.307 e.